The second-order valence-corrected chi connectivity index (χ2v) is 6.02. The zero-order chi connectivity index (χ0) is 19.1. The highest BCUT2D eigenvalue weighted by Crippen LogP contribution is 2.38. The summed E-state index contributed by atoms with van der Waals surface area (Å²) in [5, 5.41) is 3.59. The van der Waals surface area contributed by atoms with Gasteiger partial charge in [-0.1, -0.05) is 23.2 Å². The lowest BCUT2D eigenvalue weighted by Gasteiger charge is -2.14. The maximum absolute atomic E-state index is 12.0. The molecule has 0 saturated carbocycles. The van der Waals surface area contributed by atoms with Gasteiger partial charge in [0.15, 0.2) is 18.1 Å². The molecule has 0 unspecified atom stereocenters. The number of amides is 1. The Morgan fingerprint density at radius 2 is 1.62 bits per heavy atom. The minimum Gasteiger partial charge on any atom is -0.493 e. The largest absolute Gasteiger partial charge is 0.493 e. The average molecular weight is 400 g/mol. The van der Waals surface area contributed by atoms with Crippen LogP contribution in [-0.2, 0) is 11.3 Å². The number of nitrogens with one attached hydrogen (secondary N) is 1. The van der Waals surface area contributed by atoms with Crippen molar-refractivity contribution < 1.29 is 23.7 Å². The van der Waals surface area contributed by atoms with Gasteiger partial charge in [-0.25, -0.2) is 0 Å². The standard InChI is InChI=1S/C18H19Cl2NO5/c1-23-15-6-11(7-16(24-2)18(15)25-3)9-21-17(22)10-26-14-5-4-12(19)8-13(14)20/h4-8H,9-10H2,1-3H3,(H,21,22). The molecule has 0 aliphatic heterocycles. The Balaban J connectivity index is 1.96. The summed E-state index contributed by atoms with van der Waals surface area (Å²) >= 11 is 11.8. The summed E-state index contributed by atoms with van der Waals surface area (Å²) in [4.78, 5) is 12.0. The molecule has 0 spiro atoms. The Morgan fingerprint density at radius 1 is 0.962 bits per heavy atom. The number of methoxy groups -OCH3 is 3. The molecule has 6 nitrogen and oxygen atoms in total. The number of rotatable bonds is 8. The van der Waals surface area contributed by atoms with Gasteiger partial charge in [0.05, 0.1) is 26.4 Å². The van der Waals surface area contributed by atoms with Crippen LogP contribution in [0.25, 0.3) is 0 Å². The summed E-state index contributed by atoms with van der Waals surface area (Å²) in [5.41, 5.74) is 0.789. The van der Waals surface area contributed by atoms with Crippen molar-refractivity contribution >= 4 is 29.1 Å². The lowest BCUT2D eigenvalue weighted by molar-refractivity contribution is -0.123. The summed E-state index contributed by atoms with van der Waals surface area (Å²) in [6.07, 6.45) is 0. The Morgan fingerprint density at radius 3 is 2.15 bits per heavy atom. The van der Waals surface area contributed by atoms with E-state index in [-0.39, 0.29) is 19.1 Å². The molecular weight excluding hydrogens is 381 g/mol. The normalized spacial score (nSPS) is 10.2. The third-order valence-corrected chi connectivity index (χ3v) is 4.00. The van der Waals surface area contributed by atoms with Crippen molar-refractivity contribution in [3.05, 3.63) is 45.9 Å². The summed E-state index contributed by atoms with van der Waals surface area (Å²) in [7, 11) is 4.59. The fourth-order valence-corrected chi connectivity index (χ4v) is 2.69. The summed E-state index contributed by atoms with van der Waals surface area (Å²) < 4.78 is 21.2. The number of halogens is 2. The van der Waals surface area contributed by atoms with Crippen LogP contribution in [0.3, 0.4) is 0 Å². The first-order valence-corrected chi connectivity index (χ1v) is 8.37. The fraction of sp³-hybridized carbons (Fsp3) is 0.278. The second kappa shape index (κ2) is 9.40. The molecule has 0 heterocycles. The summed E-state index contributed by atoms with van der Waals surface area (Å²) in [5.74, 6) is 1.61. The monoisotopic (exact) mass is 399 g/mol. The molecule has 2 rings (SSSR count). The summed E-state index contributed by atoms with van der Waals surface area (Å²) in [6.45, 7) is 0.0963. The molecule has 0 radical (unpaired) electrons. The van der Waals surface area contributed by atoms with Crippen LogP contribution in [0.15, 0.2) is 30.3 Å². The zero-order valence-corrected chi connectivity index (χ0v) is 16.1. The molecule has 0 aliphatic rings. The van der Waals surface area contributed by atoms with Gasteiger partial charge in [0.1, 0.15) is 5.75 Å². The molecule has 26 heavy (non-hydrogen) atoms. The van der Waals surface area contributed by atoms with E-state index in [4.69, 9.17) is 42.1 Å². The molecule has 0 aliphatic carbocycles. The molecule has 0 atom stereocenters. The van der Waals surface area contributed by atoms with Gasteiger partial charge in [-0.15, -0.1) is 0 Å². The number of hydrogen-bond donors (Lipinski definition) is 1. The molecule has 0 fully saturated rings. The van der Waals surface area contributed by atoms with E-state index < -0.39 is 0 Å². The highest BCUT2D eigenvalue weighted by molar-refractivity contribution is 6.35. The quantitative estimate of drug-likeness (QED) is 0.732. The van der Waals surface area contributed by atoms with Crippen molar-refractivity contribution in [1.29, 1.82) is 0 Å². The highest BCUT2D eigenvalue weighted by atomic mass is 35.5. The smallest absolute Gasteiger partial charge is 0.258 e. The molecule has 140 valence electrons. The van der Waals surface area contributed by atoms with E-state index in [1.54, 1.807) is 30.3 Å². The summed E-state index contributed by atoms with van der Waals surface area (Å²) in [6, 6.07) is 8.32. The van der Waals surface area contributed by atoms with Crippen LogP contribution in [0.5, 0.6) is 23.0 Å². The first-order valence-electron chi connectivity index (χ1n) is 7.62. The molecule has 0 saturated heterocycles. The van der Waals surface area contributed by atoms with Gasteiger partial charge in [-0.2, -0.15) is 0 Å². The van der Waals surface area contributed by atoms with Crippen molar-refractivity contribution in [3.8, 4) is 23.0 Å². The Labute approximate surface area is 161 Å². The van der Waals surface area contributed by atoms with Crippen LogP contribution in [0, 0.1) is 0 Å². The predicted molar refractivity (Wildman–Crippen MR) is 99.9 cm³/mol. The van der Waals surface area contributed by atoms with Crippen LogP contribution in [0.1, 0.15) is 5.56 Å². The average Bonchev–Trinajstić information content (AvgIpc) is 2.64. The lowest BCUT2D eigenvalue weighted by atomic mass is 10.1. The molecular formula is C18H19Cl2NO5. The van der Waals surface area contributed by atoms with E-state index >= 15 is 0 Å². The van der Waals surface area contributed by atoms with Crippen LogP contribution < -0.4 is 24.3 Å². The zero-order valence-electron chi connectivity index (χ0n) is 14.6. The topological polar surface area (TPSA) is 66.0 Å². The van der Waals surface area contributed by atoms with Crippen molar-refractivity contribution in [2.45, 2.75) is 6.54 Å². The van der Waals surface area contributed by atoms with Gasteiger partial charge >= 0.3 is 0 Å². The van der Waals surface area contributed by atoms with E-state index in [1.807, 2.05) is 0 Å². The molecule has 0 bridgehead atoms. The van der Waals surface area contributed by atoms with E-state index in [2.05, 4.69) is 5.32 Å². The maximum atomic E-state index is 12.0. The first-order chi connectivity index (χ1) is 12.5. The van der Waals surface area contributed by atoms with Gasteiger partial charge < -0.3 is 24.3 Å². The van der Waals surface area contributed by atoms with Crippen LogP contribution in [0.2, 0.25) is 10.0 Å². The van der Waals surface area contributed by atoms with Crippen molar-refractivity contribution in [1.82, 2.24) is 5.32 Å². The van der Waals surface area contributed by atoms with Gasteiger partial charge in [-0.05, 0) is 35.9 Å². The molecule has 2 aromatic rings. The third kappa shape index (κ3) is 5.09. The van der Waals surface area contributed by atoms with E-state index in [0.717, 1.165) is 5.56 Å². The lowest BCUT2D eigenvalue weighted by Crippen LogP contribution is -2.28. The first kappa shape index (κ1) is 20.0. The van der Waals surface area contributed by atoms with Crippen molar-refractivity contribution in [2.75, 3.05) is 27.9 Å². The van der Waals surface area contributed by atoms with E-state index in [0.29, 0.717) is 33.0 Å². The second-order valence-electron chi connectivity index (χ2n) is 5.17. The predicted octanol–water partition coefficient (Wildman–Crippen LogP) is 3.71. The minimum absolute atomic E-state index is 0.175. The van der Waals surface area contributed by atoms with E-state index in [9.17, 15) is 4.79 Å². The van der Waals surface area contributed by atoms with Gasteiger partial charge in [0.25, 0.3) is 5.91 Å². The number of benzene rings is 2. The van der Waals surface area contributed by atoms with Crippen LogP contribution >= 0.6 is 23.2 Å². The fourth-order valence-electron chi connectivity index (χ4n) is 2.22. The Bertz CT molecular complexity index is 757. The molecule has 2 aromatic carbocycles. The van der Waals surface area contributed by atoms with Gasteiger partial charge in [0.2, 0.25) is 5.75 Å². The third-order valence-electron chi connectivity index (χ3n) is 3.47. The number of hydrogen-bond acceptors (Lipinski definition) is 5. The van der Waals surface area contributed by atoms with Gasteiger partial charge in [-0.3, -0.25) is 4.79 Å². The number of ether oxygens (including phenoxy) is 4. The minimum atomic E-state index is -0.301. The number of carbonyl (C=O) groups excluding carboxylic acids is 1. The Kier molecular flexibility index (Phi) is 7.24. The highest BCUT2D eigenvalue weighted by Gasteiger charge is 2.14. The van der Waals surface area contributed by atoms with Crippen molar-refractivity contribution in [3.63, 3.8) is 0 Å². The molecule has 0 aromatic heterocycles. The van der Waals surface area contributed by atoms with Gasteiger partial charge in [0, 0.05) is 11.6 Å². The van der Waals surface area contributed by atoms with E-state index in [1.165, 1.54) is 21.3 Å². The van der Waals surface area contributed by atoms with Crippen molar-refractivity contribution in [2.24, 2.45) is 0 Å². The van der Waals surface area contributed by atoms with Crippen LogP contribution in [0.4, 0.5) is 0 Å². The number of carbonyl (C=O) groups is 1. The SMILES string of the molecule is COc1cc(CNC(=O)COc2ccc(Cl)cc2Cl)cc(OC)c1OC. The molecule has 1 N–H and O–H groups in total. The Hall–Kier alpha value is -2.31. The molecule has 8 heteroatoms. The maximum Gasteiger partial charge on any atom is 0.258 e. The van der Waals surface area contributed by atoms with Crippen LogP contribution in [-0.4, -0.2) is 33.8 Å². The molecule has 1 amide bonds.